The Morgan fingerprint density at radius 1 is 1.19 bits per heavy atom. The summed E-state index contributed by atoms with van der Waals surface area (Å²) in [5.74, 6) is 0.218. The summed E-state index contributed by atoms with van der Waals surface area (Å²) in [5.41, 5.74) is 2.55. The van der Waals surface area contributed by atoms with Crippen LogP contribution in [0.3, 0.4) is 0 Å². The Labute approximate surface area is 123 Å². The first-order chi connectivity index (χ1) is 10.1. The van der Waals surface area contributed by atoms with Gasteiger partial charge in [-0.2, -0.15) is 5.10 Å². The van der Waals surface area contributed by atoms with Gasteiger partial charge in [0.1, 0.15) is 5.69 Å². The number of nitrogens with one attached hydrogen (secondary N) is 1. The average Bonchev–Trinajstić information content (AvgIpc) is 3.01. The van der Waals surface area contributed by atoms with Crippen LogP contribution in [-0.2, 0) is 10.0 Å². The van der Waals surface area contributed by atoms with Crippen molar-refractivity contribution in [1.29, 1.82) is 0 Å². The molecule has 0 atom stereocenters. The predicted octanol–water partition coefficient (Wildman–Crippen LogP) is 1.01. The Bertz CT molecular complexity index is 706. The molecule has 3 heterocycles. The van der Waals surface area contributed by atoms with E-state index in [0.29, 0.717) is 13.1 Å². The van der Waals surface area contributed by atoms with Crippen molar-refractivity contribution in [1.82, 2.24) is 24.5 Å². The molecule has 1 aliphatic heterocycles. The minimum absolute atomic E-state index is 0.218. The standard InChI is InChI=1S/C13H17N5O2S/c1-21(19,20)18-8-3-10(4-9-18)12-13(15-7-6-14-12)11-2-5-16-17-11/h2,5-7,10H,3-4,8-9H2,1H3,(H,16,17). The molecule has 1 saturated heterocycles. The van der Waals surface area contributed by atoms with E-state index < -0.39 is 10.0 Å². The van der Waals surface area contributed by atoms with Gasteiger partial charge in [-0.1, -0.05) is 0 Å². The summed E-state index contributed by atoms with van der Waals surface area (Å²) in [5, 5.41) is 6.86. The topological polar surface area (TPSA) is 91.8 Å². The SMILES string of the molecule is CS(=O)(=O)N1CCC(c2nccnc2-c2ccn[nH]2)CC1. The van der Waals surface area contributed by atoms with Gasteiger partial charge in [-0.05, 0) is 18.9 Å². The molecule has 0 aliphatic carbocycles. The summed E-state index contributed by atoms with van der Waals surface area (Å²) in [6.07, 6.45) is 7.79. The van der Waals surface area contributed by atoms with Crippen molar-refractivity contribution >= 4 is 10.0 Å². The number of aromatic nitrogens is 4. The zero-order valence-corrected chi connectivity index (χ0v) is 12.5. The normalized spacial score (nSPS) is 18.0. The van der Waals surface area contributed by atoms with Crippen LogP contribution in [0, 0.1) is 0 Å². The van der Waals surface area contributed by atoms with Crippen LogP contribution in [0.15, 0.2) is 24.7 Å². The third-order valence-corrected chi connectivity index (χ3v) is 5.10. The van der Waals surface area contributed by atoms with E-state index >= 15 is 0 Å². The summed E-state index contributed by atoms with van der Waals surface area (Å²) in [6, 6.07) is 1.86. The maximum atomic E-state index is 11.6. The Morgan fingerprint density at radius 3 is 2.52 bits per heavy atom. The maximum absolute atomic E-state index is 11.6. The number of H-pyrrole nitrogens is 1. The third-order valence-electron chi connectivity index (χ3n) is 3.79. The van der Waals surface area contributed by atoms with Gasteiger partial charge in [-0.3, -0.25) is 15.1 Å². The van der Waals surface area contributed by atoms with Crippen LogP contribution >= 0.6 is 0 Å². The molecule has 3 rings (SSSR count). The second-order valence-corrected chi connectivity index (χ2v) is 7.18. The van der Waals surface area contributed by atoms with Gasteiger partial charge >= 0.3 is 0 Å². The zero-order valence-electron chi connectivity index (χ0n) is 11.7. The number of hydrogen-bond donors (Lipinski definition) is 1. The first kappa shape index (κ1) is 14.2. The lowest BCUT2D eigenvalue weighted by atomic mass is 9.92. The van der Waals surface area contributed by atoms with E-state index in [1.807, 2.05) is 6.07 Å². The molecule has 0 saturated carbocycles. The third kappa shape index (κ3) is 2.96. The number of nitrogens with zero attached hydrogens (tertiary/aromatic N) is 4. The largest absolute Gasteiger partial charge is 0.276 e. The molecule has 0 spiro atoms. The molecule has 1 fully saturated rings. The molecule has 21 heavy (non-hydrogen) atoms. The summed E-state index contributed by atoms with van der Waals surface area (Å²) in [6.45, 7) is 1.06. The van der Waals surface area contributed by atoms with Crippen LogP contribution in [0.1, 0.15) is 24.5 Å². The van der Waals surface area contributed by atoms with Crippen molar-refractivity contribution in [3.8, 4) is 11.4 Å². The van der Waals surface area contributed by atoms with Gasteiger partial charge in [0, 0.05) is 37.6 Å². The number of sulfonamides is 1. The van der Waals surface area contributed by atoms with Crippen LogP contribution in [0.4, 0.5) is 0 Å². The van der Waals surface area contributed by atoms with Crippen molar-refractivity contribution in [2.45, 2.75) is 18.8 Å². The van der Waals surface area contributed by atoms with Gasteiger partial charge in [-0.15, -0.1) is 0 Å². The van der Waals surface area contributed by atoms with Crippen molar-refractivity contribution < 1.29 is 8.42 Å². The van der Waals surface area contributed by atoms with E-state index in [9.17, 15) is 8.42 Å². The van der Waals surface area contributed by atoms with Crippen molar-refractivity contribution in [2.24, 2.45) is 0 Å². The van der Waals surface area contributed by atoms with E-state index in [1.165, 1.54) is 10.6 Å². The molecule has 2 aromatic heterocycles. The lowest BCUT2D eigenvalue weighted by Gasteiger charge is -2.30. The van der Waals surface area contributed by atoms with E-state index in [4.69, 9.17) is 0 Å². The molecule has 0 aromatic carbocycles. The zero-order chi connectivity index (χ0) is 14.9. The van der Waals surface area contributed by atoms with Crippen LogP contribution < -0.4 is 0 Å². The summed E-state index contributed by atoms with van der Waals surface area (Å²) in [7, 11) is -3.10. The molecule has 1 aliphatic rings. The monoisotopic (exact) mass is 307 g/mol. The van der Waals surface area contributed by atoms with E-state index in [2.05, 4.69) is 20.2 Å². The van der Waals surface area contributed by atoms with Gasteiger partial charge in [0.2, 0.25) is 10.0 Å². The van der Waals surface area contributed by atoms with Gasteiger partial charge in [0.05, 0.1) is 17.6 Å². The van der Waals surface area contributed by atoms with Crippen LogP contribution in [0.2, 0.25) is 0 Å². The molecule has 112 valence electrons. The minimum Gasteiger partial charge on any atom is -0.276 e. The molecule has 0 unspecified atom stereocenters. The molecule has 7 nitrogen and oxygen atoms in total. The lowest BCUT2D eigenvalue weighted by molar-refractivity contribution is 0.318. The number of piperidine rings is 1. The van der Waals surface area contributed by atoms with Crippen LogP contribution in [-0.4, -0.2) is 52.2 Å². The van der Waals surface area contributed by atoms with Crippen molar-refractivity contribution in [2.75, 3.05) is 19.3 Å². The Hall–Kier alpha value is -1.80. The number of hydrogen-bond acceptors (Lipinski definition) is 5. The highest BCUT2D eigenvalue weighted by molar-refractivity contribution is 7.88. The van der Waals surface area contributed by atoms with Crippen LogP contribution in [0.25, 0.3) is 11.4 Å². The molecule has 2 aromatic rings. The molecule has 0 amide bonds. The molecule has 1 N–H and O–H groups in total. The first-order valence-electron chi connectivity index (χ1n) is 6.81. The summed E-state index contributed by atoms with van der Waals surface area (Å²) in [4.78, 5) is 8.87. The van der Waals surface area contributed by atoms with Gasteiger partial charge in [0.25, 0.3) is 0 Å². The smallest absolute Gasteiger partial charge is 0.211 e. The Kier molecular flexibility index (Phi) is 3.73. The summed E-state index contributed by atoms with van der Waals surface area (Å²) < 4.78 is 24.7. The Balaban J connectivity index is 1.83. The molecule has 0 bridgehead atoms. The fourth-order valence-corrected chi connectivity index (χ4v) is 3.58. The first-order valence-corrected chi connectivity index (χ1v) is 8.66. The van der Waals surface area contributed by atoms with Crippen LogP contribution in [0.5, 0.6) is 0 Å². The average molecular weight is 307 g/mol. The second kappa shape index (κ2) is 5.53. The highest BCUT2D eigenvalue weighted by Gasteiger charge is 2.28. The van der Waals surface area contributed by atoms with E-state index in [0.717, 1.165) is 29.9 Å². The Morgan fingerprint density at radius 2 is 1.90 bits per heavy atom. The fraction of sp³-hybridized carbons (Fsp3) is 0.462. The van der Waals surface area contributed by atoms with Gasteiger partial charge in [0.15, 0.2) is 0 Å². The van der Waals surface area contributed by atoms with Gasteiger partial charge < -0.3 is 0 Å². The number of rotatable bonds is 3. The number of aromatic amines is 1. The van der Waals surface area contributed by atoms with E-state index in [1.54, 1.807) is 18.6 Å². The van der Waals surface area contributed by atoms with Crippen molar-refractivity contribution in [3.63, 3.8) is 0 Å². The second-order valence-electron chi connectivity index (χ2n) is 5.20. The molecule has 0 radical (unpaired) electrons. The highest BCUT2D eigenvalue weighted by atomic mass is 32.2. The lowest BCUT2D eigenvalue weighted by Crippen LogP contribution is -2.37. The van der Waals surface area contributed by atoms with Gasteiger partial charge in [-0.25, -0.2) is 12.7 Å². The fourth-order valence-electron chi connectivity index (χ4n) is 2.70. The summed E-state index contributed by atoms with van der Waals surface area (Å²) >= 11 is 0. The quantitative estimate of drug-likeness (QED) is 0.913. The molecular formula is C13H17N5O2S. The van der Waals surface area contributed by atoms with E-state index in [-0.39, 0.29) is 5.92 Å². The maximum Gasteiger partial charge on any atom is 0.211 e. The minimum atomic E-state index is -3.10. The molecular weight excluding hydrogens is 290 g/mol. The molecule has 8 heteroatoms. The highest BCUT2D eigenvalue weighted by Crippen LogP contribution is 2.32. The predicted molar refractivity (Wildman–Crippen MR) is 78.0 cm³/mol. The van der Waals surface area contributed by atoms with Crippen molar-refractivity contribution in [3.05, 3.63) is 30.4 Å².